The first kappa shape index (κ1) is 16.5. The van der Waals surface area contributed by atoms with E-state index in [1.807, 2.05) is 35.6 Å². The minimum absolute atomic E-state index is 0.212. The second-order valence-electron chi connectivity index (χ2n) is 4.68. The van der Waals surface area contributed by atoms with Gasteiger partial charge in [0.15, 0.2) is 0 Å². The first-order valence-corrected chi connectivity index (χ1v) is 13.7. The summed E-state index contributed by atoms with van der Waals surface area (Å²) in [5.41, 5.74) is 1.25. The average Bonchev–Trinajstić information content (AvgIpc) is 2.59. The van der Waals surface area contributed by atoms with E-state index in [0.29, 0.717) is 4.58 Å². The zero-order valence-electron chi connectivity index (χ0n) is 12.1. The molecule has 2 nitrogen and oxygen atoms in total. The fourth-order valence-corrected chi connectivity index (χ4v) is 18.1. The lowest BCUT2D eigenvalue weighted by atomic mass is 10.2. The molecular formula is C15H15O2PS4. The van der Waals surface area contributed by atoms with Crippen LogP contribution in [-0.2, 0) is 32.1 Å². The number of ether oxygens (including phenoxy) is 2. The van der Waals surface area contributed by atoms with Gasteiger partial charge in [-0.25, -0.2) is 0 Å². The van der Waals surface area contributed by atoms with E-state index in [1.165, 1.54) is 10.9 Å². The number of hydrogen-bond acceptors (Lipinski definition) is 5. The van der Waals surface area contributed by atoms with E-state index < -0.39 is 4.44 Å². The van der Waals surface area contributed by atoms with Crippen LogP contribution in [0.3, 0.4) is 0 Å². The molecule has 7 heteroatoms. The molecule has 0 aliphatic carbocycles. The van der Waals surface area contributed by atoms with Crippen molar-refractivity contribution in [3.63, 3.8) is 0 Å². The first-order chi connectivity index (χ1) is 10.6. The lowest BCUT2D eigenvalue weighted by molar-refractivity contribution is 0.414. The van der Waals surface area contributed by atoms with Gasteiger partial charge < -0.3 is 9.47 Å². The molecule has 0 amide bonds. The summed E-state index contributed by atoms with van der Waals surface area (Å²) in [6, 6.07) is 16.2. The third kappa shape index (κ3) is 2.87. The summed E-state index contributed by atoms with van der Waals surface area (Å²) in [5.74, 6) is 1.72. The number of benzene rings is 2. The van der Waals surface area contributed by atoms with Crippen LogP contribution >= 0.6 is 15.8 Å². The van der Waals surface area contributed by atoms with E-state index in [2.05, 4.69) is 24.3 Å². The summed E-state index contributed by atoms with van der Waals surface area (Å²) in [4.78, 5) is 0. The summed E-state index contributed by atoms with van der Waals surface area (Å²) >= 11 is 13.6. The maximum Gasteiger partial charge on any atom is 0.118 e. The third-order valence-corrected chi connectivity index (χ3v) is 22.4. The molecule has 1 heterocycles. The summed E-state index contributed by atoms with van der Waals surface area (Å²) in [5, 5.41) is 1.20. The molecule has 1 aliphatic rings. The van der Waals surface area contributed by atoms with Gasteiger partial charge in [0, 0.05) is 5.30 Å². The minimum atomic E-state index is -1.70. The Labute approximate surface area is 146 Å². The standard InChI is InChI=1S/C15H15O2PS4/c1-16-12-5-3-11(4-6-12)15-21-18(19,22(15)20)14-9-7-13(17-2)8-10-14/h3-10,15H,1-2H3. The van der Waals surface area contributed by atoms with Gasteiger partial charge in [-0.3, -0.25) is 0 Å². The van der Waals surface area contributed by atoms with Crippen molar-refractivity contribution in [2.45, 2.75) is 4.58 Å². The van der Waals surface area contributed by atoms with Crippen molar-refractivity contribution in [3.05, 3.63) is 54.1 Å². The molecular weight excluding hydrogens is 371 g/mol. The monoisotopic (exact) mass is 386 g/mol. The van der Waals surface area contributed by atoms with Crippen LogP contribution in [0.5, 0.6) is 11.5 Å². The van der Waals surface area contributed by atoms with Gasteiger partial charge in [0.1, 0.15) is 11.5 Å². The predicted octanol–water partition coefficient (Wildman–Crippen LogP) is 4.16. The zero-order valence-corrected chi connectivity index (χ0v) is 16.3. The van der Waals surface area contributed by atoms with Gasteiger partial charge in [0.05, 0.1) is 23.2 Å². The largest absolute Gasteiger partial charge is 0.497 e. The Bertz CT molecular complexity index is 743. The highest BCUT2D eigenvalue weighted by Crippen LogP contribution is 2.80. The predicted molar refractivity (Wildman–Crippen MR) is 105 cm³/mol. The van der Waals surface area contributed by atoms with Crippen molar-refractivity contribution in [2.24, 2.45) is 0 Å². The molecule has 22 heavy (non-hydrogen) atoms. The Kier molecular flexibility index (Phi) is 4.95. The lowest BCUT2D eigenvalue weighted by Gasteiger charge is -2.40. The Balaban J connectivity index is 1.81. The molecule has 0 saturated carbocycles. The van der Waals surface area contributed by atoms with Crippen molar-refractivity contribution in [3.8, 4) is 11.5 Å². The molecule has 116 valence electrons. The van der Waals surface area contributed by atoms with Crippen LogP contribution in [0.2, 0.25) is 0 Å². The average molecular weight is 387 g/mol. The van der Waals surface area contributed by atoms with E-state index in [-0.39, 0.29) is 9.07 Å². The second kappa shape index (κ2) is 6.62. The minimum Gasteiger partial charge on any atom is -0.497 e. The molecule has 3 atom stereocenters. The summed E-state index contributed by atoms with van der Waals surface area (Å²) in [7, 11) is 3.13. The van der Waals surface area contributed by atoms with E-state index in [1.54, 1.807) is 14.2 Å². The highest BCUT2D eigenvalue weighted by atomic mass is 33.4. The molecule has 0 radical (unpaired) electrons. The molecule has 1 fully saturated rings. The fourth-order valence-electron chi connectivity index (χ4n) is 2.16. The topological polar surface area (TPSA) is 18.5 Å². The Hall–Kier alpha value is -0.390. The number of methoxy groups -OCH3 is 2. The Morgan fingerprint density at radius 1 is 0.955 bits per heavy atom. The van der Waals surface area contributed by atoms with Crippen LogP contribution in [-0.4, -0.2) is 14.2 Å². The normalized spacial score (nSPS) is 27.0. The molecule has 0 bridgehead atoms. The van der Waals surface area contributed by atoms with Crippen molar-refractivity contribution >= 4 is 53.2 Å². The SMILES string of the molecule is COc1ccc(C2SP(=S)(c3ccc(OC)cc3)S2=S)cc1. The van der Waals surface area contributed by atoms with Gasteiger partial charge in [-0.15, -0.1) is 0 Å². The van der Waals surface area contributed by atoms with Crippen molar-refractivity contribution in [2.75, 3.05) is 14.2 Å². The molecule has 0 spiro atoms. The van der Waals surface area contributed by atoms with Crippen molar-refractivity contribution in [1.82, 2.24) is 0 Å². The second-order valence-corrected chi connectivity index (χ2v) is 18.8. The summed E-state index contributed by atoms with van der Waals surface area (Å²) in [6.07, 6.45) is 0. The Morgan fingerprint density at radius 3 is 1.91 bits per heavy atom. The molecule has 3 unspecified atom stereocenters. The quantitative estimate of drug-likeness (QED) is 0.732. The Morgan fingerprint density at radius 2 is 1.45 bits per heavy atom. The molecule has 1 aliphatic heterocycles. The number of hydrogen-bond donors (Lipinski definition) is 0. The zero-order chi connectivity index (χ0) is 15.7. The van der Waals surface area contributed by atoms with E-state index in [4.69, 9.17) is 32.5 Å². The smallest absolute Gasteiger partial charge is 0.118 e. The third-order valence-electron chi connectivity index (χ3n) is 3.43. The molecule has 0 aromatic heterocycles. The lowest BCUT2D eigenvalue weighted by Crippen LogP contribution is -2.18. The summed E-state index contributed by atoms with van der Waals surface area (Å²) in [6.45, 7) is 0. The van der Waals surface area contributed by atoms with Crippen LogP contribution in [0.4, 0.5) is 0 Å². The van der Waals surface area contributed by atoms with Gasteiger partial charge in [-0.1, -0.05) is 44.4 Å². The van der Waals surface area contributed by atoms with Crippen LogP contribution in [0.15, 0.2) is 48.5 Å². The van der Waals surface area contributed by atoms with Crippen LogP contribution in [0, 0.1) is 0 Å². The molecule has 2 aromatic carbocycles. The van der Waals surface area contributed by atoms with Crippen molar-refractivity contribution < 1.29 is 9.47 Å². The van der Waals surface area contributed by atoms with Gasteiger partial charge in [-0.2, -0.15) is 0 Å². The molecule has 0 N–H and O–H groups in total. The number of rotatable bonds is 4. The van der Waals surface area contributed by atoms with Crippen molar-refractivity contribution in [1.29, 1.82) is 0 Å². The molecule has 3 rings (SSSR count). The maximum absolute atomic E-state index is 5.94. The van der Waals surface area contributed by atoms with Gasteiger partial charge >= 0.3 is 0 Å². The van der Waals surface area contributed by atoms with E-state index in [9.17, 15) is 0 Å². The molecule has 1 saturated heterocycles. The van der Waals surface area contributed by atoms with Crippen LogP contribution in [0.25, 0.3) is 0 Å². The van der Waals surface area contributed by atoms with Gasteiger partial charge in [0.2, 0.25) is 0 Å². The van der Waals surface area contributed by atoms with Crippen LogP contribution in [0.1, 0.15) is 10.1 Å². The van der Waals surface area contributed by atoms with E-state index >= 15 is 0 Å². The van der Waals surface area contributed by atoms with Gasteiger partial charge in [0.25, 0.3) is 0 Å². The molecule has 2 aromatic rings. The highest BCUT2D eigenvalue weighted by molar-refractivity contribution is 9.12. The van der Waals surface area contributed by atoms with E-state index in [0.717, 1.165) is 11.5 Å². The first-order valence-electron chi connectivity index (χ1n) is 6.57. The fraction of sp³-hybridized carbons (Fsp3) is 0.200. The van der Waals surface area contributed by atoms with Gasteiger partial charge in [-0.05, 0) is 53.1 Å². The maximum atomic E-state index is 5.94. The summed E-state index contributed by atoms with van der Waals surface area (Å²) < 4.78 is 9.04. The highest BCUT2D eigenvalue weighted by Gasteiger charge is 2.43. The van der Waals surface area contributed by atoms with Crippen LogP contribution < -0.4 is 14.8 Å².